The number of benzene rings is 1. The SMILES string of the molecule is CC1CCCC(NCc2ccccc2C#N)C1. The molecular formula is C15H20N2. The molecule has 2 rings (SSSR count). The summed E-state index contributed by atoms with van der Waals surface area (Å²) >= 11 is 0. The van der Waals surface area contributed by atoms with Gasteiger partial charge in [0.1, 0.15) is 0 Å². The van der Waals surface area contributed by atoms with Gasteiger partial charge in [0.25, 0.3) is 0 Å². The van der Waals surface area contributed by atoms with Crippen LogP contribution in [0.2, 0.25) is 0 Å². The maximum absolute atomic E-state index is 9.02. The second kappa shape index (κ2) is 5.84. The first-order valence-electron chi connectivity index (χ1n) is 6.51. The predicted molar refractivity (Wildman–Crippen MR) is 69.4 cm³/mol. The third-order valence-electron chi connectivity index (χ3n) is 3.66. The number of hydrogen-bond acceptors (Lipinski definition) is 2. The third kappa shape index (κ3) is 3.31. The zero-order valence-corrected chi connectivity index (χ0v) is 10.4. The minimum absolute atomic E-state index is 0.630. The Balaban J connectivity index is 1.91. The number of nitriles is 1. The molecule has 0 bridgehead atoms. The van der Waals surface area contributed by atoms with Crippen LogP contribution in [-0.2, 0) is 6.54 Å². The minimum Gasteiger partial charge on any atom is -0.310 e. The molecule has 2 heteroatoms. The Labute approximate surface area is 104 Å². The lowest BCUT2D eigenvalue weighted by Crippen LogP contribution is -2.33. The van der Waals surface area contributed by atoms with Gasteiger partial charge in [-0.1, -0.05) is 38.0 Å². The minimum atomic E-state index is 0.630. The van der Waals surface area contributed by atoms with E-state index < -0.39 is 0 Å². The summed E-state index contributed by atoms with van der Waals surface area (Å²) in [6, 6.07) is 10.7. The standard InChI is InChI=1S/C15H20N2/c1-12-5-4-8-15(9-12)17-11-14-7-3-2-6-13(14)10-16/h2-3,6-7,12,15,17H,4-5,8-9,11H2,1H3. The van der Waals surface area contributed by atoms with Crippen molar-refractivity contribution in [2.24, 2.45) is 5.92 Å². The zero-order valence-electron chi connectivity index (χ0n) is 10.4. The van der Waals surface area contributed by atoms with E-state index in [4.69, 9.17) is 5.26 Å². The lowest BCUT2D eigenvalue weighted by Gasteiger charge is -2.27. The van der Waals surface area contributed by atoms with Crippen molar-refractivity contribution in [3.8, 4) is 6.07 Å². The summed E-state index contributed by atoms with van der Waals surface area (Å²) in [5.41, 5.74) is 1.91. The molecule has 1 aliphatic rings. The van der Waals surface area contributed by atoms with Crippen molar-refractivity contribution >= 4 is 0 Å². The summed E-state index contributed by atoms with van der Waals surface area (Å²) in [6.45, 7) is 3.15. The van der Waals surface area contributed by atoms with E-state index in [0.717, 1.165) is 23.6 Å². The van der Waals surface area contributed by atoms with Crippen molar-refractivity contribution in [1.29, 1.82) is 5.26 Å². The van der Waals surface area contributed by atoms with Gasteiger partial charge in [-0.15, -0.1) is 0 Å². The molecule has 0 aliphatic heterocycles. The Hall–Kier alpha value is -1.33. The van der Waals surface area contributed by atoms with Gasteiger partial charge in [0, 0.05) is 12.6 Å². The maximum atomic E-state index is 9.02. The monoisotopic (exact) mass is 228 g/mol. The van der Waals surface area contributed by atoms with Gasteiger partial charge in [-0.05, 0) is 30.4 Å². The molecule has 2 nitrogen and oxygen atoms in total. The van der Waals surface area contributed by atoms with Gasteiger partial charge in [-0.2, -0.15) is 5.26 Å². The summed E-state index contributed by atoms with van der Waals surface area (Å²) in [5.74, 6) is 0.840. The molecule has 0 heterocycles. The van der Waals surface area contributed by atoms with Crippen LogP contribution < -0.4 is 5.32 Å². The highest BCUT2D eigenvalue weighted by molar-refractivity contribution is 5.37. The van der Waals surface area contributed by atoms with E-state index >= 15 is 0 Å². The van der Waals surface area contributed by atoms with Crippen LogP contribution in [0.3, 0.4) is 0 Å². The molecule has 17 heavy (non-hydrogen) atoms. The predicted octanol–water partition coefficient (Wildman–Crippen LogP) is 3.23. The number of nitrogens with zero attached hydrogens (tertiary/aromatic N) is 1. The van der Waals surface area contributed by atoms with E-state index in [0.29, 0.717) is 6.04 Å². The van der Waals surface area contributed by atoms with Crippen LogP contribution in [0.1, 0.15) is 43.7 Å². The van der Waals surface area contributed by atoms with Crippen molar-refractivity contribution in [1.82, 2.24) is 5.32 Å². The van der Waals surface area contributed by atoms with Gasteiger partial charge >= 0.3 is 0 Å². The molecule has 1 fully saturated rings. The van der Waals surface area contributed by atoms with Gasteiger partial charge < -0.3 is 5.32 Å². The second-order valence-electron chi connectivity index (χ2n) is 5.12. The van der Waals surface area contributed by atoms with E-state index in [2.05, 4.69) is 18.3 Å². The van der Waals surface area contributed by atoms with Crippen LogP contribution in [0.25, 0.3) is 0 Å². The molecule has 1 aromatic rings. The topological polar surface area (TPSA) is 35.8 Å². The molecule has 0 amide bonds. The molecule has 0 aromatic heterocycles. The first-order valence-corrected chi connectivity index (χ1v) is 6.51. The lowest BCUT2D eigenvalue weighted by molar-refractivity contribution is 0.300. The van der Waals surface area contributed by atoms with Crippen molar-refractivity contribution < 1.29 is 0 Å². The molecule has 1 saturated carbocycles. The van der Waals surface area contributed by atoms with E-state index in [9.17, 15) is 0 Å². The van der Waals surface area contributed by atoms with Gasteiger partial charge in [0.15, 0.2) is 0 Å². The molecular weight excluding hydrogens is 208 g/mol. The Morgan fingerprint density at radius 3 is 2.94 bits per heavy atom. The van der Waals surface area contributed by atoms with Crippen molar-refractivity contribution in [3.05, 3.63) is 35.4 Å². The maximum Gasteiger partial charge on any atom is 0.0995 e. The van der Waals surface area contributed by atoms with E-state index in [1.54, 1.807) is 0 Å². The molecule has 0 spiro atoms. The zero-order chi connectivity index (χ0) is 12.1. The summed E-state index contributed by atoms with van der Waals surface area (Å²) in [6.07, 6.45) is 5.25. The molecule has 1 aliphatic carbocycles. The highest BCUT2D eigenvalue weighted by Crippen LogP contribution is 2.23. The smallest absolute Gasteiger partial charge is 0.0995 e. The fraction of sp³-hybridized carbons (Fsp3) is 0.533. The second-order valence-corrected chi connectivity index (χ2v) is 5.12. The summed E-state index contributed by atoms with van der Waals surface area (Å²) < 4.78 is 0. The van der Waals surface area contributed by atoms with E-state index in [1.165, 1.54) is 25.7 Å². The van der Waals surface area contributed by atoms with Crippen LogP contribution in [0.5, 0.6) is 0 Å². The average molecular weight is 228 g/mol. The van der Waals surface area contributed by atoms with Crippen LogP contribution in [-0.4, -0.2) is 6.04 Å². The lowest BCUT2D eigenvalue weighted by atomic mass is 9.87. The van der Waals surface area contributed by atoms with Crippen LogP contribution >= 0.6 is 0 Å². The normalized spacial score (nSPS) is 24.2. The molecule has 2 atom stereocenters. The summed E-state index contributed by atoms with van der Waals surface area (Å²) in [5, 5.41) is 12.6. The summed E-state index contributed by atoms with van der Waals surface area (Å²) in [4.78, 5) is 0. The molecule has 1 N–H and O–H groups in total. The van der Waals surface area contributed by atoms with Gasteiger partial charge in [0.05, 0.1) is 11.6 Å². The fourth-order valence-electron chi connectivity index (χ4n) is 2.66. The quantitative estimate of drug-likeness (QED) is 0.862. The van der Waals surface area contributed by atoms with Crippen LogP contribution in [0, 0.1) is 17.2 Å². The molecule has 2 unspecified atom stereocenters. The van der Waals surface area contributed by atoms with Gasteiger partial charge in [-0.3, -0.25) is 0 Å². The third-order valence-corrected chi connectivity index (χ3v) is 3.66. The first-order chi connectivity index (χ1) is 8.29. The number of nitrogens with one attached hydrogen (secondary N) is 1. The Morgan fingerprint density at radius 1 is 1.35 bits per heavy atom. The van der Waals surface area contributed by atoms with Crippen LogP contribution in [0.15, 0.2) is 24.3 Å². The van der Waals surface area contributed by atoms with Gasteiger partial charge in [-0.25, -0.2) is 0 Å². The first kappa shape index (κ1) is 12.1. The van der Waals surface area contributed by atoms with Crippen molar-refractivity contribution in [2.45, 2.75) is 45.2 Å². The summed E-state index contributed by atoms with van der Waals surface area (Å²) in [7, 11) is 0. The Bertz CT molecular complexity index is 406. The largest absolute Gasteiger partial charge is 0.310 e. The number of rotatable bonds is 3. The molecule has 0 saturated heterocycles. The van der Waals surface area contributed by atoms with Gasteiger partial charge in [0.2, 0.25) is 0 Å². The van der Waals surface area contributed by atoms with Crippen molar-refractivity contribution in [2.75, 3.05) is 0 Å². The fourth-order valence-corrected chi connectivity index (χ4v) is 2.66. The van der Waals surface area contributed by atoms with E-state index in [1.807, 2.05) is 24.3 Å². The van der Waals surface area contributed by atoms with E-state index in [-0.39, 0.29) is 0 Å². The number of hydrogen-bond donors (Lipinski definition) is 1. The van der Waals surface area contributed by atoms with Crippen molar-refractivity contribution in [3.63, 3.8) is 0 Å². The van der Waals surface area contributed by atoms with Crippen LogP contribution in [0.4, 0.5) is 0 Å². The average Bonchev–Trinajstić information content (AvgIpc) is 2.37. The highest BCUT2D eigenvalue weighted by atomic mass is 14.9. The molecule has 90 valence electrons. The highest BCUT2D eigenvalue weighted by Gasteiger charge is 2.18. The Kier molecular flexibility index (Phi) is 4.17. The molecule has 0 radical (unpaired) electrons. The Morgan fingerprint density at radius 2 is 2.18 bits per heavy atom. The molecule has 1 aromatic carbocycles.